The van der Waals surface area contributed by atoms with Crippen LogP contribution in [0.25, 0.3) is 0 Å². The standard InChI is InChI=1S/C31H37N3O5/c1-34-15-12-30-18-23(35)8-11-31(30,39)25(34)16-22-6-7-24(28(37)27(22)30)29(38)33-13-9-19-2-4-20(5-3-19)21-10-14-32-26(36)17-21/h2-7,21,25,37,39H,8-18H2,1H3,(H,32,36)(H,33,38)/t21?,25-,30-,31-/m1/s1. The van der Waals surface area contributed by atoms with E-state index in [0.29, 0.717) is 57.2 Å². The van der Waals surface area contributed by atoms with Gasteiger partial charge in [-0.05, 0) is 74.4 Å². The first-order valence-electron chi connectivity index (χ1n) is 14.2. The topological polar surface area (TPSA) is 119 Å². The number of fused-ring (bicyclic) bond motifs is 1. The lowest BCUT2D eigenvalue weighted by Gasteiger charge is -2.62. The Hall–Kier alpha value is -3.23. The number of benzene rings is 2. The highest BCUT2D eigenvalue weighted by Gasteiger charge is 2.65. The molecule has 1 unspecified atom stereocenters. The number of piperidine rings is 2. The predicted octanol–water partition coefficient (Wildman–Crippen LogP) is 2.34. The van der Waals surface area contributed by atoms with Crippen molar-refractivity contribution in [2.45, 2.75) is 74.3 Å². The molecule has 2 saturated heterocycles. The SMILES string of the molecule is CN1CC[C@]23CC(=O)CC[C@@]2(O)[C@H]1Cc1ccc(C(=O)NCCc2ccc(C4CCNC(=O)C4)cc2)c(O)c13. The van der Waals surface area contributed by atoms with Crippen LogP contribution in [0, 0.1) is 0 Å². The zero-order valence-electron chi connectivity index (χ0n) is 22.5. The number of rotatable bonds is 5. The molecule has 0 aromatic heterocycles. The smallest absolute Gasteiger partial charge is 0.255 e. The monoisotopic (exact) mass is 531 g/mol. The fourth-order valence-electron chi connectivity index (χ4n) is 7.75. The number of phenols is 1. The van der Waals surface area contributed by atoms with Gasteiger partial charge in [0.15, 0.2) is 0 Å². The Labute approximate surface area is 228 Å². The minimum absolute atomic E-state index is 0.0954. The molecule has 4 N–H and O–H groups in total. The molecule has 39 heavy (non-hydrogen) atoms. The van der Waals surface area contributed by atoms with Crippen LogP contribution in [0.1, 0.15) is 77.1 Å². The van der Waals surface area contributed by atoms with E-state index in [9.17, 15) is 24.6 Å². The molecular weight excluding hydrogens is 494 g/mol. The van der Waals surface area contributed by atoms with Crippen molar-refractivity contribution in [3.8, 4) is 5.75 Å². The van der Waals surface area contributed by atoms with Crippen molar-refractivity contribution in [1.82, 2.24) is 15.5 Å². The Morgan fingerprint density at radius 3 is 2.69 bits per heavy atom. The summed E-state index contributed by atoms with van der Waals surface area (Å²) in [6, 6.07) is 11.7. The van der Waals surface area contributed by atoms with Crippen LogP contribution < -0.4 is 10.6 Å². The summed E-state index contributed by atoms with van der Waals surface area (Å²) in [4.78, 5) is 39.8. The van der Waals surface area contributed by atoms with Gasteiger partial charge in [-0.3, -0.25) is 14.4 Å². The number of aliphatic hydroxyl groups is 1. The summed E-state index contributed by atoms with van der Waals surface area (Å²) in [5.74, 6) is -0.0171. The van der Waals surface area contributed by atoms with E-state index in [4.69, 9.17) is 0 Å². The van der Waals surface area contributed by atoms with Gasteiger partial charge in [0.25, 0.3) is 5.91 Å². The molecule has 4 aliphatic rings. The molecule has 3 fully saturated rings. The van der Waals surface area contributed by atoms with Gasteiger partial charge in [0.2, 0.25) is 5.91 Å². The van der Waals surface area contributed by atoms with Crippen molar-refractivity contribution < 1.29 is 24.6 Å². The highest BCUT2D eigenvalue weighted by molar-refractivity contribution is 5.98. The number of phenolic OH excluding ortho intramolecular Hbond substituents is 1. The maximum atomic E-state index is 13.2. The average Bonchev–Trinajstić information content (AvgIpc) is 2.91. The summed E-state index contributed by atoms with van der Waals surface area (Å²) in [6.45, 7) is 1.84. The summed E-state index contributed by atoms with van der Waals surface area (Å²) in [6.07, 6.45) is 4.15. The molecule has 2 aromatic rings. The minimum atomic E-state index is -1.11. The number of likely N-dealkylation sites (N-methyl/N-ethyl adjacent to an activating group) is 1. The number of hydrogen-bond acceptors (Lipinski definition) is 6. The molecule has 2 aliphatic heterocycles. The van der Waals surface area contributed by atoms with Gasteiger partial charge in [-0.15, -0.1) is 0 Å². The summed E-state index contributed by atoms with van der Waals surface area (Å²) < 4.78 is 0. The number of carbonyl (C=O) groups is 3. The van der Waals surface area contributed by atoms with Crippen molar-refractivity contribution in [2.75, 3.05) is 26.7 Å². The second-order valence-electron chi connectivity index (χ2n) is 12.0. The van der Waals surface area contributed by atoms with Crippen LogP contribution >= 0.6 is 0 Å². The molecule has 1 saturated carbocycles. The number of Topliss-reactive ketones (excluding diaryl/α,β-unsaturated/α-hetero) is 1. The number of nitrogens with zero attached hydrogens (tertiary/aromatic N) is 1. The van der Waals surface area contributed by atoms with Gasteiger partial charge in [-0.25, -0.2) is 0 Å². The first-order valence-corrected chi connectivity index (χ1v) is 14.2. The van der Waals surface area contributed by atoms with Gasteiger partial charge in [-0.1, -0.05) is 30.3 Å². The quantitative estimate of drug-likeness (QED) is 0.470. The van der Waals surface area contributed by atoms with Crippen LogP contribution in [0.15, 0.2) is 36.4 Å². The Morgan fingerprint density at radius 2 is 1.92 bits per heavy atom. The number of likely N-dealkylation sites (tertiary alicyclic amines) is 1. The Balaban J connectivity index is 1.18. The average molecular weight is 532 g/mol. The van der Waals surface area contributed by atoms with Crippen LogP contribution in [-0.2, 0) is 27.8 Å². The third-order valence-corrected chi connectivity index (χ3v) is 9.89. The van der Waals surface area contributed by atoms with E-state index in [1.165, 1.54) is 0 Å². The fourth-order valence-corrected chi connectivity index (χ4v) is 7.75. The van der Waals surface area contributed by atoms with Gasteiger partial charge in [-0.2, -0.15) is 0 Å². The van der Waals surface area contributed by atoms with Crippen molar-refractivity contribution in [1.29, 1.82) is 0 Å². The molecular formula is C31H37N3O5. The molecule has 2 aliphatic carbocycles. The summed E-state index contributed by atoms with van der Waals surface area (Å²) >= 11 is 0. The van der Waals surface area contributed by atoms with Crippen molar-refractivity contribution >= 4 is 17.6 Å². The lowest BCUT2D eigenvalue weighted by molar-refractivity contribution is -0.169. The lowest BCUT2D eigenvalue weighted by atomic mass is 9.49. The van der Waals surface area contributed by atoms with Gasteiger partial charge < -0.3 is 25.7 Å². The largest absolute Gasteiger partial charge is 0.507 e. The van der Waals surface area contributed by atoms with E-state index < -0.39 is 11.0 Å². The maximum Gasteiger partial charge on any atom is 0.255 e. The normalized spacial score (nSPS) is 30.2. The Kier molecular flexibility index (Phi) is 6.50. The van der Waals surface area contributed by atoms with E-state index in [0.717, 1.165) is 29.7 Å². The zero-order chi connectivity index (χ0) is 27.4. The Bertz CT molecular complexity index is 1320. The number of ketones is 1. The highest BCUT2D eigenvalue weighted by Crippen LogP contribution is 2.59. The van der Waals surface area contributed by atoms with E-state index >= 15 is 0 Å². The Morgan fingerprint density at radius 1 is 1.13 bits per heavy atom. The second-order valence-corrected chi connectivity index (χ2v) is 12.0. The van der Waals surface area contributed by atoms with E-state index in [2.05, 4.69) is 27.7 Å². The fraction of sp³-hybridized carbons (Fsp3) is 0.516. The number of amides is 2. The van der Waals surface area contributed by atoms with Crippen LogP contribution in [0.5, 0.6) is 5.75 Å². The van der Waals surface area contributed by atoms with Gasteiger partial charge in [0, 0.05) is 49.4 Å². The predicted molar refractivity (Wildman–Crippen MR) is 146 cm³/mol. The summed E-state index contributed by atoms with van der Waals surface area (Å²) in [7, 11) is 2.01. The molecule has 2 heterocycles. The van der Waals surface area contributed by atoms with E-state index in [-0.39, 0.29) is 47.3 Å². The summed E-state index contributed by atoms with van der Waals surface area (Å²) in [5, 5.41) is 29.3. The van der Waals surface area contributed by atoms with Crippen LogP contribution in [0.2, 0.25) is 0 Å². The van der Waals surface area contributed by atoms with Gasteiger partial charge in [0.05, 0.1) is 11.2 Å². The molecule has 2 bridgehead atoms. The minimum Gasteiger partial charge on any atom is -0.507 e. The van der Waals surface area contributed by atoms with Crippen molar-refractivity contribution in [2.24, 2.45) is 0 Å². The van der Waals surface area contributed by atoms with E-state index in [1.807, 2.05) is 25.2 Å². The molecule has 0 radical (unpaired) electrons. The number of carbonyl (C=O) groups excluding carboxylic acids is 3. The van der Waals surface area contributed by atoms with Crippen LogP contribution in [0.4, 0.5) is 0 Å². The maximum absolute atomic E-state index is 13.2. The summed E-state index contributed by atoms with van der Waals surface area (Å²) in [5.41, 5.74) is 1.96. The molecule has 4 atom stereocenters. The molecule has 206 valence electrons. The van der Waals surface area contributed by atoms with Crippen LogP contribution in [-0.4, -0.2) is 71.0 Å². The van der Waals surface area contributed by atoms with Crippen molar-refractivity contribution in [3.05, 3.63) is 64.2 Å². The van der Waals surface area contributed by atoms with E-state index in [1.54, 1.807) is 6.07 Å². The third kappa shape index (κ3) is 4.25. The molecule has 2 aromatic carbocycles. The number of aromatic hydroxyl groups is 1. The third-order valence-electron chi connectivity index (χ3n) is 9.89. The molecule has 6 rings (SSSR count). The van der Waals surface area contributed by atoms with Gasteiger partial charge >= 0.3 is 0 Å². The molecule has 2 amide bonds. The van der Waals surface area contributed by atoms with Gasteiger partial charge in [0.1, 0.15) is 11.5 Å². The number of nitrogens with one attached hydrogen (secondary N) is 2. The lowest BCUT2D eigenvalue weighted by Crippen LogP contribution is -2.72. The highest BCUT2D eigenvalue weighted by atomic mass is 16.3. The molecule has 0 spiro atoms. The first kappa shape index (κ1) is 26.0. The number of hydrogen-bond donors (Lipinski definition) is 4. The second kappa shape index (κ2) is 9.75. The molecule has 8 heteroatoms. The van der Waals surface area contributed by atoms with Crippen LogP contribution in [0.3, 0.4) is 0 Å². The van der Waals surface area contributed by atoms with Crippen molar-refractivity contribution in [3.63, 3.8) is 0 Å². The first-order chi connectivity index (χ1) is 18.7. The molecule has 8 nitrogen and oxygen atoms in total. The zero-order valence-corrected chi connectivity index (χ0v) is 22.5.